The molecule has 1 aromatic heterocycles. The Hall–Kier alpha value is -1.59. The first-order chi connectivity index (χ1) is 10.0. The van der Waals surface area contributed by atoms with E-state index in [9.17, 15) is 4.79 Å². The van der Waals surface area contributed by atoms with Crippen molar-refractivity contribution in [3.05, 3.63) is 47.0 Å². The van der Waals surface area contributed by atoms with Crippen molar-refractivity contribution in [1.29, 1.82) is 0 Å². The van der Waals surface area contributed by atoms with Gasteiger partial charge in [0, 0.05) is 16.5 Å². The summed E-state index contributed by atoms with van der Waals surface area (Å²) in [7, 11) is 0. The Morgan fingerprint density at radius 3 is 2.81 bits per heavy atom. The molecule has 0 spiro atoms. The molecule has 21 heavy (non-hydrogen) atoms. The van der Waals surface area contributed by atoms with Crippen molar-refractivity contribution in [2.75, 3.05) is 11.6 Å². The zero-order valence-corrected chi connectivity index (χ0v) is 13.6. The lowest BCUT2D eigenvalue weighted by atomic mass is 10.2. The van der Waals surface area contributed by atoms with E-state index < -0.39 is 0 Å². The van der Waals surface area contributed by atoms with E-state index in [1.54, 1.807) is 11.8 Å². The van der Waals surface area contributed by atoms with Gasteiger partial charge in [-0.15, -0.1) is 11.8 Å². The third-order valence-corrected chi connectivity index (χ3v) is 3.82. The third-order valence-electron chi connectivity index (χ3n) is 2.82. The van der Waals surface area contributed by atoms with Crippen LogP contribution in [0.2, 0.25) is 5.02 Å². The number of benzene rings is 1. The molecule has 0 aliphatic heterocycles. The van der Waals surface area contributed by atoms with Gasteiger partial charge in [-0.3, -0.25) is 4.79 Å². The fourth-order valence-corrected chi connectivity index (χ4v) is 2.35. The first-order valence-electron chi connectivity index (χ1n) is 6.49. The van der Waals surface area contributed by atoms with Crippen LogP contribution in [0.3, 0.4) is 0 Å². The summed E-state index contributed by atoms with van der Waals surface area (Å²) in [6, 6.07) is 7.61. The Kier molecular flexibility index (Phi) is 5.20. The molecular weight excluding hydrogens is 306 g/mol. The second-order valence-electron chi connectivity index (χ2n) is 4.77. The van der Waals surface area contributed by atoms with Crippen LogP contribution in [-0.2, 0) is 0 Å². The van der Waals surface area contributed by atoms with Gasteiger partial charge in [-0.1, -0.05) is 31.5 Å². The Morgan fingerprint density at radius 2 is 2.14 bits per heavy atom. The summed E-state index contributed by atoms with van der Waals surface area (Å²) in [4.78, 5) is 21.8. The fraction of sp³-hybridized carbons (Fsp3) is 0.267. The van der Waals surface area contributed by atoms with Crippen molar-refractivity contribution in [2.24, 2.45) is 0 Å². The quantitative estimate of drug-likeness (QED) is 0.856. The number of nitrogens with one attached hydrogen (secondary N) is 1. The molecule has 0 saturated heterocycles. The number of hydrogen-bond acceptors (Lipinski definition) is 4. The number of rotatable bonds is 4. The van der Waals surface area contributed by atoms with Crippen molar-refractivity contribution in [3.8, 4) is 0 Å². The lowest BCUT2D eigenvalue weighted by Gasteiger charge is -2.09. The SMILES string of the molecule is CSc1cccc(NC(=O)c2nc(C(C)C)ncc2Cl)c1. The zero-order chi connectivity index (χ0) is 15.4. The molecule has 0 unspecified atom stereocenters. The minimum Gasteiger partial charge on any atom is -0.321 e. The second kappa shape index (κ2) is 6.91. The monoisotopic (exact) mass is 321 g/mol. The highest BCUT2D eigenvalue weighted by Gasteiger charge is 2.15. The molecule has 2 aromatic rings. The van der Waals surface area contributed by atoms with E-state index in [-0.39, 0.29) is 22.5 Å². The van der Waals surface area contributed by atoms with E-state index in [4.69, 9.17) is 11.6 Å². The van der Waals surface area contributed by atoms with E-state index in [0.717, 1.165) is 4.90 Å². The maximum absolute atomic E-state index is 12.3. The van der Waals surface area contributed by atoms with Crippen molar-refractivity contribution < 1.29 is 4.79 Å². The number of carbonyl (C=O) groups is 1. The van der Waals surface area contributed by atoms with Gasteiger partial charge >= 0.3 is 0 Å². The van der Waals surface area contributed by atoms with Gasteiger partial charge in [0.1, 0.15) is 5.82 Å². The number of amides is 1. The van der Waals surface area contributed by atoms with Crippen LogP contribution in [0, 0.1) is 0 Å². The van der Waals surface area contributed by atoms with Crippen LogP contribution in [0.4, 0.5) is 5.69 Å². The largest absolute Gasteiger partial charge is 0.321 e. The molecule has 6 heteroatoms. The number of carbonyl (C=O) groups excluding carboxylic acids is 1. The average molecular weight is 322 g/mol. The van der Waals surface area contributed by atoms with E-state index in [0.29, 0.717) is 11.5 Å². The number of thioether (sulfide) groups is 1. The van der Waals surface area contributed by atoms with E-state index in [2.05, 4.69) is 15.3 Å². The Morgan fingerprint density at radius 1 is 1.38 bits per heavy atom. The van der Waals surface area contributed by atoms with Crippen LogP contribution < -0.4 is 5.32 Å². The van der Waals surface area contributed by atoms with Gasteiger partial charge in [-0.05, 0) is 24.5 Å². The molecule has 0 bridgehead atoms. The first kappa shape index (κ1) is 15.8. The number of anilines is 1. The molecule has 0 radical (unpaired) electrons. The van der Waals surface area contributed by atoms with Crippen LogP contribution in [0.15, 0.2) is 35.4 Å². The van der Waals surface area contributed by atoms with E-state index in [1.807, 2.05) is 44.4 Å². The van der Waals surface area contributed by atoms with Crippen LogP contribution in [0.1, 0.15) is 36.1 Å². The van der Waals surface area contributed by atoms with Crippen LogP contribution >= 0.6 is 23.4 Å². The Labute approximate surface area is 133 Å². The third kappa shape index (κ3) is 3.95. The number of nitrogens with zero attached hydrogens (tertiary/aromatic N) is 2. The average Bonchev–Trinajstić information content (AvgIpc) is 2.47. The summed E-state index contributed by atoms with van der Waals surface area (Å²) in [6.07, 6.45) is 3.45. The molecule has 4 nitrogen and oxygen atoms in total. The molecule has 1 heterocycles. The standard InChI is InChI=1S/C15H16ClN3OS/c1-9(2)14-17-8-12(16)13(19-14)15(20)18-10-5-4-6-11(7-10)21-3/h4-9H,1-3H3,(H,18,20). The van der Waals surface area contributed by atoms with Gasteiger partial charge in [-0.25, -0.2) is 9.97 Å². The molecule has 0 saturated carbocycles. The fourth-order valence-electron chi connectivity index (χ4n) is 1.71. The topological polar surface area (TPSA) is 54.9 Å². The van der Waals surface area contributed by atoms with E-state index in [1.165, 1.54) is 6.20 Å². The van der Waals surface area contributed by atoms with Gasteiger partial charge in [0.25, 0.3) is 5.91 Å². The van der Waals surface area contributed by atoms with Crippen LogP contribution in [-0.4, -0.2) is 22.1 Å². The molecule has 110 valence electrons. The molecule has 0 atom stereocenters. The number of hydrogen-bond donors (Lipinski definition) is 1. The first-order valence-corrected chi connectivity index (χ1v) is 8.09. The molecule has 2 rings (SSSR count). The molecule has 0 fully saturated rings. The molecule has 1 amide bonds. The van der Waals surface area contributed by atoms with Crippen LogP contribution in [0.25, 0.3) is 0 Å². The van der Waals surface area contributed by atoms with Gasteiger partial charge in [-0.2, -0.15) is 0 Å². The van der Waals surface area contributed by atoms with Gasteiger partial charge < -0.3 is 5.32 Å². The molecule has 0 aliphatic rings. The minimum atomic E-state index is -0.331. The zero-order valence-electron chi connectivity index (χ0n) is 12.1. The lowest BCUT2D eigenvalue weighted by molar-refractivity contribution is 0.102. The lowest BCUT2D eigenvalue weighted by Crippen LogP contribution is -2.16. The summed E-state index contributed by atoms with van der Waals surface area (Å²) < 4.78 is 0. The highest BCUT2D eigenvalue weighted by molar-refractivity contribution is 7.98. The highest BCUT2D eigenvalue weighted by Crippen LogP contribution is 2.21. The Bertz CT molecular complexity index is 661. The van der Waals surface area contributed by atoms with E-state index >= 15 is 0 Å². The maximum Gasteiger partial charge on any atom is 0.275 e. The molecule has 1 aromatic carbocycles. The predicted molar refractivity (Wildman–Crippen MR) is 87.3 cm³/mol. The van der Waals surface area contributed by atoms with Crippen molar-refractivity contribution in [2.45, 2.75) is 24.7 Å². The summed E-state index contributed by atoms with van der Waals surface area (Å²) >= 11 is 7.64. The van der Waals surface area contributed by atoms with Crippen LogP contribution in [0.5, 0.6) is 0 Å². The normalized spacial score (nSPS) is 10.7. The summed E-state index contributed by atoms with van der Waals surface area (Å²) in [5, 5.41) is 3.06. The molecule has 1 N–H and O–H groups in total. The van der Waals surface area contributed by atoms with Gasteiger partial charge in [0.05, 0.1) is 11.2 Å². The second-order valence-corrected chi connectivity index (χ2v) is 6.05. The molecule has 0 aliphatic carbocycles. The van der Waals surface area contributed by atoms with Crippen molar-refractivity contribution in [1.82, 2.24) is 9.97 Å². The number of aromatic nitrogens is 2. The molecular formula is C15H16ClN3OS. The van der Waals surface area contributed by atoms with Crippen molar-refractivity contribution >= 4 is 35.0 Å². The maximum atomic E-state index is 12.3. The van der Waals surface area contributed by atoms with Gasteiger partial charge in [0.15, 0.2) is 5.69 Å². The number of halogens is 1. The predicted octanol–water partition coefficient (Wildman–Crippen LogP) is 4.23. The summed E-state index contributed by atoms with van der Waals surface area (Å²) in [5.41, 5.74) is 0.914. The highest BCUT2D eigenvalue weighted by atomic mass is 35.5. The smallest absolute Gasteiger partial charge is 0.275 e. The van der Waals surface area contributed by atoms with Gasteiger partial charge in [0.2, 0.25) is 0 Å². The van der Waals surface area contributed by atoms with Crippen molar-refractivity contribution in [3.63, 3.8) is 0 Å². The summed E-state index contributed by atoms with van der Waals surface area (Å²) in [6.45, 7) is 3.93. The minimum absolute atomic E-state index is 0.133. The Balaban J connectivity index is 2.25. The summed E-state index contributed by atoms with van der Waals surface area (Å²) in [5.74, 6) is 0.401.